The average Bonchev–Trinajstić information content (AvgIpc) is 2.37. The van der Waals surface area contributed by atoms with Crippen molar-refractivity contribution >= 4 is 30.3 Å². The second-order valence-corrected chi connectivity index (χ2v) is 3.80. The first kappa shape index (κ1) is 16.2. The van der Waals surface area contributed by atoms with Gasteiger partial charge in [-0.05, 0) is 11.8 Å². The van der Waals surface area contributed by atoms with Gasteiger partial charge in [0.05, 0.1) is 19.1 Å². The second-order valence-electron chi connectivity index (χ2n) is 2.94. The van der Waals surface area contributed by atoms with E-state index in [-0.39, 0.29) is 5.75 Å². The second kappa shape index (κ2) is 11.7. The molecule has 0 aliphatic heterocycles. The zero-order chi connectivity index (χ0) is 13.6. The van der Waals surface area contributed by atoms with Crippen molar-refractivity contribution in [3.05, 3.63) is 35.9 Å². The highest BCUT2D eigenvalue weighted by molar-refractivity contribution is 7.99. The third kappa shape index (κ3) is 10.7. The number of rotatable bonds is 5. The number of thioether (sulfide) groups is 1. The summed E-state index contributed by atoms with van der Waals surface area (Å²) in [5, 5.41) is 15.3. The Morgan fingerprint density at radius 1 is 1.39 bits per heavy atom. The molecule has 1 aromatic rings. The highest BCUT2D eigenvalue weighted by Crippen LogP contribution is 1.93. The van der Waals surface area contributed by atoms with Crippen molar-refractivity contribution in [2.45, 2.75) is 0 Å². The molecule has 5 nitrogen and oxygen atoms in total. The Labute approximate surface area is 111 Å². The van der Waals surface area contributed by atoms with E-state index in [2.05, 4.69) is 14.9 Å². The lowest BCUT2D eigenvalue weighted by Crippen LogP contribution is -1.95. The molecule has 1 aromatic carbocycles. The maximum absolute atomic E-state index is 9.58. The molecule has 0 atom stereocenters. The van der Waals surface area contributed by atoms with Crippen molar-refractivity contribution in [1.29, 1.82) is 0 Å². The molecule has 1 N–H and O–H groups in total. The van der Waals surface area contributed by atoms with Gasteiger partial charge in [0.1, 0.15) is 0 Å². The largest absolute Gasteiger partial charge is 0.485 e. The maximum Gasteiger partial charge on any atom is 0.313 e. The number of carboxylic acids is 1. The van der Waals surface area contributed by atoms with Crippen molar-refractivity contribution < 1.29 is 14.6 Å². The summed E-state index contributed by atoms with van der Waals surface area (Å²) < 4.78 is 4.57. The Morgan fingerprint density at radius 3 is 2.50 bits per heavy atom. The van der Waals surface area contributed by atoms with Crippen LogP contribution in [0.25, 0.3) is 0 Å². The maximum atomic E-state index is 9.58. The van der Waals surface area contributed by atoms with Gasteiger partial charge in [0.15, 0.2) is 6.40 Å². The SMILES string of the molecule is CO/C=N\N=C\c1ccccc1.CSCC(=O)O. The molecule has 18 heavy (non-hydrogen) atoms. The highest BCUT2D eigenvalue weighted by Gasteiger charge is 1.87. The smallest absolute Gasteiger partial charge is 0.313 e. The number of carbonyl (C=O) groups is 1. The first-order chi connectivity index (χ1) is 8.70. The number of carboxylic acid groups (broad SMARTS) is 1. The van der Waals surface area contributed by atoms with Gasteiger partial charge < -0.3 is 9.84 Å². The number of nitrogens with zero attached hydrogens (tertiary/aromatic N) is 2. The Morgan fingerprint density at radius 2 is 2.06 bits per heavy atom. The van der Waals surface area contributed by atoms with Crippen LogP contribution in [0.5, 0.6) is 0 Å². The zero-order valence-electron chi connectivity index (χ0n) is 10.3. The summed E-state index contributed by atoms with van der Waals surface area (Å²) in [5.74, 6) is -0.539. The van der Waals surface area contributed by atoms with Crippen LogP contribution in [0.15, 0.2) is 40.5 Å². The molecule has 0 saturated heterocycles. The summed E-state index contributed by atoms with van der Waals surface area (Å²) in [6, 6.07) is 9.75. The Hall–Kier alpha value is -1.82. The lowest BCUT2D eigenvalue weighted by Gasteiger charge is -1.87. The van der Waals surface area contributed by atoms with E-state index in [1.54, 1.807) is 12.5 Å². The van der Waals surface area contributed by atoms with Crippen LogP contribution in [0.4, 0.5) is 0 Å². The molecule has 98 valence electrons. The van der Waals surface area contributed by atoms with Crippen molar-refractivity contribution in [2.75, 3.05) is 19.1 Å². The van der Waals surface area contributed by atoms with Gasteiger partial charge in [-0.15, -0.1) is 5.10 Å². The summed E-state index contributed by atoms with van der Waals surface area (Å²) >= 11 is 1.31. The van der Waals surface area contributed by atoms with Gasteiger partial charge >= 0.3 is 5.97 Å². The minimum absolute atomic E-state index is 0.208. The number of aliphatic carboxylic acids is 1. The van der Waals surface area contributed by atoms with E-state index in [4.69, 9.17) is 5.11 Å². The molecule has 0 radical (unpaired) electrons. The van der Waals surface area contributed by atoms with Gasteiger partial charge in [0.25, 0.3) is 0 Å². The number of ether oxygens (including phenoxy) is 1. The van der Waals surface area contributed by atoms with Crippen LogP contribution in [-0.2, 0) is 9.53 Å². The van der Waals surface area contributed by atoms with Gasteiger partial charge in [-0.3, -0.25) is 4.79 Å². The molecule has 0 aromatic heterocycles. The summed E-state index contributed by atoms with van der Waals surface area (Å²) in [5.41, 5.74) is 1.02. The van der Waals surface area contributed by atoms with Crippen LogP contribution in [0.3, 0.4) is 0 Å². The van der Waals surface area contributed by atoms with Crippen molar-refractivity contribution in [3.8, 4) is 0 Å². The monoisotopic (exact) mass is 268 g/mol. The van der Waals surface area contributed by atoms with E-state index < -0.39 is 5.97 Å². The molecule has 6 heteroatoms. The quantitative estimate of drug-likeness (QED) is 0.504. The van der Waals surface area contributed by atoms with Crippen molar-refractivity contribution in [3.63, 3.8) is 0 Å². The normalized spacial score (nSPS) is 10.1. The van der Waals surface area contributed by atoms with Crippen LogP contribution < -0.4 is 0 Å². The highest BCUT2D eigenvalue weighted by atomic mass is 32.2. The molecular formula is C12H16N2O3S. The predicted octanol–water partition coefficient (Wildman–Crippen LogP) is 2.13. The molecule has 0 saturated carbocycles. The van der Waals surface area contributed by atoms with Gasteiger partial charge in [-0.1, -0.05) is 30.3 Å². The third-order valence-corrected chi connectivity index (χ3v) is 2.03. The number of methoxy groups -OCH3 is 1. The van der Waals surface area contributed by atoms with Crippen LogP contribution >= 0.6 is 11.8 Å². The topological polar surface area (TPSA) is 71.2 Å². The Kier molecular flexibility index (Phi) is 10.5. The number of hydrogen-bond donors (Lipinski definition) is 1. The van der Waals surface area contributed by atoms with Crippen molar-refractivity contribution in [2.24, 2.45) is 10.2 Å². The van der Waals surface area contributed by atoms with Crippen LogP contribution in [0.2, 0.25) is 0 Å². The molecule has 0 amide bonds. The molecular weight excluding hydrogens is 252 g/mol. The minimum atomic E-state index is -0.748. The summed E-state index contributed by atoms with van der Waals surface area (Å²) in [7, 11) is 1.53. The van der Waals surface area contributed by atoms with E-state index in [9.17, 15) is 4.79 Å². The fourth-order valence-corrected chi connectivity index (χ4v) is 1.08. The summed E-state index contributed by atoms with van der Waals surface area (Å²) in [6.45, 7) is 0. The standard InChI is InChI=1S/C9H10N2O.C3H6O2S/c1-12-8-11-10-7-9-5-3-2-4-6-9;1-6-2-3(4)5/h2-8H,1H3;2H2,1H3,(H,4,5)/b10-7+,11-8-;. The molecule has 0 aliphatic carbocycles. The van der Waals surface area contributed by atoms with Gasteiger partial charge in [0.2, 0.25) is 0 Å². The first-order valence-corrected chi connectivity index (χ1v) is 6.43. The molecule has 0 unspecified atom stereocenters. The third-order valence-electron chi connectivity index (χ3n) is 1.49. The van der Waals surface area contributed by atoms with E-state index >= 15 is 0 Å². The molecule has 0 fully saturated rings. The van der Waals surface area contributed by atoms with Crippen molar-refractivity contribution in [1.82, 2.24) is 0 Å². The van der Waals surface area contributed by atoms with Gasteiger partial charge in [-0.25, -0.2) is 0 Å². The predicted molar refractivity (Wildman–Crippen MR) is 75.6 cm³/mol. The van der Waals surface area contributed by atoms with Gasteiger partial charge in [-0.2, -0.15) is 16.9 Å². The Bertz CT molecular complexity index is 380. The fourth-order valence-electron chi connectivity index (χ4n) is 0.837. The molecule has 0 spiro atoms. The first-order valence-electron chi connectivity index (χ1n) is 5.04. The number of benzene rings is 1. The minimum Gasteiger partial charge on any atom is -0.485 e. The lowest BCUT2D eigenvalue weighted by atomic mass is 10.2. The zero-order valence-corrected chi connectivity index (χ0v) is 11.1. The summed E-state index contributed by atoms with van der Waals surface area (Å²) in [6.07, 6.45) is 4.70. The average molecular weight is 268 g/mol. The summed E-state index contributed by atoms with van der Waals surface area (Å²) in [4.78, 5) is 9.58. The van der Waals surface area contributed by atoms with E-state index in [0.29, 0.717) is 0 Å². The van der Waals surface area contributed by atoms with E-state index in [0.717, 1.165) is 5.56 Å². The fraction of sp³-hybridized carbons (Fsp3) is 0.250. The van der Waals surface area contributed by atoms with E-state index in [1.807, 2.05) is 30.3 Å². The number of hydrogen-bond acceptors (Lipinski definition) is 5. The van der Waals surface area contributed by atoms with Crippen LogP contribution in [-0.4, -0.2) is 42.8 Å². The molecule has 0 heterocycles. The Balaban J connectivity index is 0.000000411. The van der Waals surface area contributed by atoms with Crippen LogP contribution in [0, 0.1) is 0 Å². The van der Waals surface area contributed by atoms with Gasteiger partial charge in [0, 0.05) is 0 Å². The van der Waals surface area contributed by atoms with Crippen LogP contribution in [0.1, 0.15) is 5.56 Å². The molecule has 1 rings (SSSR count). The van der Waals surface area contributed by atoms with E-state index in [1.165, 1.54) is 25.3 Å². The molecule has 0 aliphatic rings. The lowest BCUT2D eigenvalue weighted by molar-refractivity contribution is -0.133. The molecule has 0 bridgehead atoms.